The van der Waals surface area contributed by atoms with Crippen molar-refractivity contribution in [1.82, 2.24) is 10.1 Å². The number of hydrogen-bond acceptors (Lipinski definition) is 4. The highest BCUT2D eigenvalue weighted by Crippen LogP contribution is 2.34. The van der Waals surface area contributed by atoms with Gasteiger partial charge in [-0.3, -0.25) is 0 Å². The van der Waals surface area contributed by atoms with E-state index in [1.807, 2.05) is 0 Å². The SMILES string of the molecule is Nc1cc(C(F)(F)F)ccc1-c1nc(CC(F)(F)F)no1. The molecule has 0 saturated carbocycles. The van der Waals surface area contributed by atoms with E-state index in [1.165, 1.54) is 0 Å². The predicted molar refractivity (Wildman–Crippen MR) is 58.9 cm³/mol. The minimum Gasteiger partial charge on any atom is -0.398 e. The van der Waals surface area contributed by atoms with Crippen LogP contribution in [0.3, 0.4) is 0 Å². The highest BCUT2D eigenvalue weighted by atomic mass is 19.4. The number of aromatic nitrogens is 2. The van der Waals surface area contributed by atoms with Crippen LogP contribution in [0, 0.1) is 0 Å². The monoisotopic (exact) mass is 311 g/mol. The highest BCUT2D eigenvalue weighted by molar-refractivity contribution is 5.71. The molecule has 0 atom stereocenters. The lowest BCUT2D eigenvalue weighted by Crippen LogP contribution is -2.12. The van der Waals surface area contributed by atoms with Gasteiger partial charge in [-0.15, -0.1) is 0 Å². The minimum absolute atomic E-state index is 0.0658. The predicted octanol–water partition coefficient (Wildman–Crippen LogP) is 3.44. The highest BCUT2D eigenvalue weighted by Gasteiger charge is 2.32. The maximum atomic E-state index is 12.5. The second-order valence-corrected chi connectivity index (χ2v) is 4.11. The normalized spacial score (nSPS) is 12.7. The van der Waals surface area contributed by atoms with Crippen molar-refractivity contribution >= 4 is 5.69 Å². The number of nitrogens with zero attached hydrogens (tertiary/aromatic N) is 2. The van der Waals surface area contributed by atoms with Gasteiger partial charge in [-0.1, -0.05) is 5.16 Å². The summed E-state index contributed by atoms with van der Waals surface area (Å²) in [5.41, 5.74) is 4.06. The summed E-state index contributed by atoms with van der Waals surface area (Å²) in [6, 6.07) is 2.32. The van der Waals surface area contributed by atoms with Crippen molar-refractivity contribution in [2.75, 3.05) is 5.73 Å². The molecule has 21 heavy (non-hydrogen) atoms. The van der Waals surface area contributed by atoms with E-state index in [4.69, 9.17) is 5.73 Å². The third-order valence-electron chi connectivity index (χ3n) is 2.44. The van der Waals surface area contributed by atoms with Gasteiger partial charge in [0.15, 0.2) is 5.82 Å². The van der Waals surface area contributed by atoms with Crippen LogP contribution in [0.25, 0.3) is 11.5 Å². The Morgan fingerprint density at radius 1 is 1.10 bits per heavy atom. The molecule has 4 nitrogen and oxygen atoms in total. The summed E-state index contributed by atoms with van der Waals surface area (Å²) >= 11 is 0. The summed E-state index contributed by atoms with van der Waals surface area (Å²) in [6.07, 6.45) is -10.5. The zero-order valence-corrected chi connectivity index (χ0v) is 10.1. The average molecular weight is 311 g/mol. The molecule has 0 bridgehead atoms. The fraction of sp³-hybridized carbons (Fsp3) is 0.273. The van der Waals surface area contributed by atoms with Gasteiger partial charge >= 0.3 is 12.4 Å². The van der Waals surface area contributed by atoms with Gasteiger partial charge in [-0.2, -0.15) is 31.3 Å². The molecular weight excluding hydrogens is 304 g/mol. The molecule has 0 aliphatic heterocycles. The quantitative estimate of drug-likeness (QED) is 0.681. The Bertz CT molecular complexity index is 646. The first-order valence-electron chi connectivity index (χ1n) is 5.43. The van der Waals surface area contributed by atoms with Gasteiger partial charge < -0.3 is 10.3 Å². The van der Waals surface area contributed by atoms with Gasteiger partial charge in [0.05, 0.1) is 11.1 Å². The first kappa shape index (κ1) is 15.1. The standard InChI is InChI=1S/C11H7F6N3O/c12-10(13,14)4-8-19-9(21-20-8)6-2-1-5(3-7(6)18)11(15,16)17/h1-3H,4,18H2. The number of anilines is 1. The van der Waals surface area contributed by atoms with Crippen LogP contribution in [-0.2, 0) is 12.6 Å². The third kappa shape index (κ3) is 3.64. The van der Waals surface area contributed by atoms with E-state index in [-0.39, 0.29) is 17.1 Å². The molecule has 1 aromatic heterocycles. The van der Waals surface area contributed by atoms with E-state index in [0.29, 0.717) is 6.07 Å². The van der Waals surface area contributed by atoms with Crippen molar-refractivity contribution < 1.29 is 30.9 Å². The molecule has 0 saturated heterocycles. The van der Waals surface area contributed by atoms with Gasteiger partial charge in [0.2, 0.25) is 0 Å². The van der Waals surface area contributed by atoms with E-state index in [9.17, 15) is 26.3 Å². The van der Waals surface area contributed by atoms with E-state index in [0.717, 1.165) is 12.1 Å². The average Bonchev–Trinajstić information content (AvgIpc) is 2.73. The molecule has 0 aliphatic carbocycles. The molecule has 114 valence electrons. The number of nitrogens with two attached hydrogens (primary N) is 1. The zero-order chi connectivity index (χ0) is 15.8. The number of benzene rings is 1. The summed E-state index contributed by atoms with van der Waals surface area (Å²) in [4.78, 5) is 3.46. The van der Waals surface area contributed by atoms with Crippen molar-refractivity contribution in [1.29, 1.82) is 0 Å². The van der Waals surface area contributed by atoms with Crippen molar-refractivity contribution in [2.45, 2.75) is 18.8 Å². The summed E-state index contributed by atoms with van der Waals surface area (Å²) in [7, 11) is 0. The van der Waals surface area contributed by atoms with Crippen LogP contribution in [0.15, 0.2) is 22.7 Å². The molecule has 0 radical (unpaired) electrons. The lowest BCUT2D eigenvalue weighted by molar-refractivity contribution is -0.137. The molecule has 0 unspecified atom stereocenters. The molecule has 0 spiro atoms. The largest absolute Gasteiger partial charge is 0.416 e. The van der Waals surface area contributed by atoms with Gasteiger partial charge in [0, 0.05) is 5.69 Å². The van der Waals surface area contributed by atoms with Crippen LogP contribution in [0.1, 0.15) is 11.4 Å². The van der Waals surface area contributed by atoms with Crippen molar-refractivity contribution in [3.05, 3.63) is 29.6 Å². The molecule has 2 N–H and O–H groups in total. The van der Waals surface area contributed by atoms with Crippen molar-refractivity contribution in [3.63, 3.8) is 0 Å². The fourth-order valence-electron chi connectivity index (χ4n) is 1.55. The second kappa shape index (κ2) is 4.93. The van der Waals surface area contributed by atoms with Gasteiger partial charge in [-0.25, -0.2) is 0 Å². The summed E-state index contributed by atoms with van der Waals surface area (Å²) in [5.74, 6) is -1.00. The maximum absolute atomic E-state index is 12.5. The molecule has 0 amide bonds. The molecule has 10 heteroatoms. The number of halogens is 6. The van der Waals surface area contributed by atoms with Crippen LogP contribution in [0.2, 0.25) is 0 Å². The topological polar surface area (TPSA) is 64.9 Å². The zero-order valence-electron chi connectivity index (χ0n) is 10.1. The van der Waals surface area contributed by atoms with Crippen molar-refractivity contribution in [2.24, 2.45) is 0 Å². The number of nitrogen functional groups attached to an aromatic ring is 1. The van der Waals surface area contributed by atoms with Crippen molar-refractivity contribution in [3.8, 4) is 11.5 Å². The van der Waals surface area contributed by atoms with E-state index in [1.54, 1.807) is 0 Å². The smallest absolute Gasteiger partial charge is 0.398 e. The Balaban J connectivity index is 2.31. The molecule has 1 aromatic carbocycles. The first-order chi connectivity index (χ1) is 9.56. The molecular formula is C11H7F6N3O. The molecule has 2 rings (SSSR count). The lowest BCUT2D eigenvalue weighted by atomic mass is 10.1. The van der Waals surface area contributed by atoms with Gasteiger partial charge in [-0.05, 0) is 18.2 Å². The Morgan fingerprint density at radius 3 is 2.29 bits per heavy atom. The maximum Gasteiger partial charge on any atom is 0.416 e. The Morgan fingerprint density at radius 2 is 1.76 bits per heavy atom. The first-order valence-corrected chi connectivity index (χ1v) is 5.43. The second-order valence-electron chi connectivity index (χ2n) is 4.11. The van der Waals surface area contributed by atoms with Crippen LogP contribution in [0.4, 0.5) is 32.0 Å². The van der Waals surface area contributed by atoms with E-state index < -0.39 is 30.2 Å². The molecule has 2 aromatic rings. The van der Waals surface area contributed by atoms with E-state index >= 15 is 0 Å². The molecule has 1 heterocycles. The summed E-state index contributed by atoms with van der Waals surface area (Å²) in [6.45, 7) is 0. The fourth-order valence-corrected chi connectivity index (χ4v) is 1.55. The third-order valence-corrected chi connectivity index (χ3v) is 2.44. The Hall–Kier alpha value is -2.26. The summed E-state index contributed by atoms with van der Waals surface area (Å²) < 4.78 is 78.4. The van der Waals surface area contributed by atoms with Crippen LogP contribution in [-0.4, -0.2) is 16.3 Å². The number of alkyl halides is 6. The lowest BCUT2D eigenvalue weighted by Gasteiger charge is -2.08. The van der Waals surface area contributed by atoms with Crippen LogP contribution >= 0.6 is 0 Å². The molecule has 0 fully saturated rings. The minimum atomic E-state index is -4.58. The number of hydrogen-bond donors (Lipinski definition) is 1. The Kier molecular flexibility index (Phi) is 3.56. The van der Waals surface area contributed by atoms with Gasteiger partial charge in [0.1, 0.15) is 6.42 Å². The van der Waals surface area contributed by atoms with Crippen LogP contribution in [0.5, 0.6) is 0 Å². The molecule has 0 aliphatic rings. The van der Waals surface area contributed by atoms with E-state index in [2.05, 4.69) is 14.7 Å². The number of rotatable bonds is 2. The summed E-state index contributed by atoms with van der Waals surface area (Å²) in [5, 5.41) is 3.11. The Labute approximate surface area is 113 Å². The van der Waals surface area contributed by atoms with Gasteiger partial charge in [0.25, 0.3) is 5.89 Å². The van der Waals surface area contributed by atoms with Crippen LogP contribution < -0.4 is 5.73 Å².